The van der Waals surface area contributed by atoms with Crippen LogP contribution in [0.1, 0.15) is 0 Å². The van der Waals surface area contributed by atoms with Gasteiger partial charge in [-0.25, -0.2) is 0 Å². The zero-order chi connectivity index (χ0) is 7.40. The molecule has 54 valence electrons. The zero-order valence-electron chi connectivity index (χ0n) is 5.50. The minimum atomic E-state index is 0.0757. The molecule has 0 saturated heterocycles. The number of ether oxygens (including phenoxy) is 1. The van der Waals surface area contributed by atoms with Crippen molar-refractivity contribution in [3.05, 3.63) is 24.3 Å². The summed E-state index contributed by atoms with van der Waals surface area (Å²) in [6.45, 7) is 0. The summed E-state index contributed by atoms with van der Waals surface area (Å²) in [4.78, 5) is 0. The van der Waals surface area contributed by atoms with Gasteiger partial charge in [-0.05, 0) is 0 Å². The quantitative estimate of drug-likeness (QED) is 0.682. The zero-order valence-corrected chi connectivity index (χ0v) is 7.97. The molecule has 0 aliphatic carbocycles. The Kier molecular flexibility index (Phi) is 3.07. The molecule has 10 heavy (non-hydrogen) atoms. The molecule has 0 bridgehead atoms. The van der Waals surface area contributed by atoms with E-state index in [-0.39, 0.29) is 14.0 Å². The first-order chi connectivity index (χ1) is 4.86. The Hall–Kier alpha value is -0.171. The molecule has 0 radical (unpaired) electrons. The molecule has 0 spiro atoms. The number of rotatable bonds is 2. The molecule has 0 aliphatic rings. The van der Waals surface area contributed by atoms with Gasteiger partial charge < -0.3 is 0 Å². The van der Waals surface area contributed by atoms with Crippen LogP contribution >= 0.6 is 10.1 Å². The molecule has 0 atom stereocenters. The predicted octanol–water partition coefficient (Wildman–Crippen LogP) is 1.18. The third-order valence-corrected chi connectivity index (χ3v) is 3.02. The van der Waals surface area contributed by atoms with E-state index in [1.807, 2.05) is 24.3 Å². The first kappa shape index (κ1) is 7.93. The Balaban J connectivity index is 2.80. The molecule has 1 aromatic rings. The summed E-state index contributed by atoms with van der Waals surface area (Å²) in [6.07, 6.45) is 0. The number of halogens is 1. The molecule has 0 saturated carbocycles. The third-order valence-electron chi connectivity index (χ3n) is 1.15. The predicted molar refractivity (Wildman–Crippen MR) is 44.2 cm³/mol. The fraction of sp³-hybridized carbons (Fsp3) is 0.143. The summed E-state index contributed by atoms with van der Waals surface area (Å²) in [6, 6.07) is 7.79. The van der Waals surface area contributed by atoms with Gasteiger partial charge >= 0.3 is 70.5 Å². The van der Waals surface area contributed by atoms with Gasteiger partial charge in [-0.1, -0.05) is 0 Å². The fourth-order valence-corrected chi connectivity index (χ4v) is 1.66. The van der Waals surface area contributed by atoms with Crippen LogP contribution < -0.4 is 9.20 Å². The van der Waals surface area contributed by atoms with Gasteiger partial charge in [-0.3, -0.25) is 0 Å². The van der Waals surface area contributed by atoms with Crippen molar-refractivity contribution in [2.75, 3.05) is 7.11 Å². The van der Waals surface area contributed by atoms with E-state index >= 15 is 0 Å². The third kappa shape index (κ3) is 1.91. The van der Waals surface area contributed by atoms with Crippen molar-refractivity contribution in [1.82, 2.24) is 0 Å². The van der Waals surface area contributed by atoms with E-state index in [0.29, 0.717) is 0 Å². The van der Waals surface area contributed by atoms with E-state index in [4.69, 9.17) is 14.8 Å². The first-order valence-electron chi connectivity index (χ1n) is 2.79. The average Bonchev–Trinajstić information content (AvgIpc) is 2.05. The van der Waals surface area contributed by atoms with Crippen LogP contribution in [0.25, 0.3) is 0 Å². The van der Waals surface area contributed by atoms with Gasteiger partial charge in [0.05, 0.1) is 0 Å². The van der Waals surface area contributed by atoms with Crippen LogP contribution in [0.4, 0.5) is 0 Å². The molecular weight excluding hydrogens is 214 g/mol. The van der Waals surface area contributed by atoms with Crippen LogP contribution in [-0.2, 0) is 0 Å². The maximum absolute atomic E-state index is 5.64. The van der Waals surface area contributed by atoms with Crippen molar-refractivity contribution in [3.63, 3.8) is 0 Å². The average molecular weight is 222 g/mol. The van der Waals surface area contributed by atoms with Gasteiger partial charge in [0.2, 0.25) is 0 Å². The molecule has 1 aromatic carbocycles. The van der Waals surface area contributed by atoms with Crippen molar-refractivity contribution in [1.29, 1.82) is 0 Å². The molecule has 0 aromatic heterocycles. The Morgan fingerprint density at radius 3 is 2.30 bits per heavy atom. The minimum absolute atomic E-state index is 0.0757. The van der Waals surface area contributed by atoms with E-state index in [0.717, 1.165) is 5.75 Å². The molecule has 0 fully saturated rings. The van der Waals surface area contributed by atoms with E-state index in [1.54, 1.807) is 7.11 Å². The normalized spacial score (nSPS) is 9.40. The number of methoxy groups -OCH3 is 1. The Labute approximate surface area is 70.7 Å². The monoisotopic (exact) mass is 222 g/mol. The van der Waals surface area contributed by atoms with Gasteiger partial charge in [-0.15, -0.1) is 0 Å². The first-order valence-corrected chi connectivity index (χ1v) is 5.90. The molecule has 0 aliphatic heterocycles. The number of hydrogen-bond acceptors (Lipinski definition) is 1. The van der Waals surface area contributed by atoms with Crippen molar-refractivity contribution >= 4 is 28.6 Å². The van der Waals surface area contributed by atoms with Crippen LogP contribution in [0.2, 0.25) is 0 Å². The van der Waals surface area contributed by atoms with Crippen molar-refractivity contribution < 1.29 is 4.74 Å². The Bertz CT molecular complexity index is 174. The second-order valence-corrected chi connectivity index (χ2v) is 3.87. The van der Waals surface area contributed by atoms with Crippen LogP contribution in [-0.4, -0.2) is 21.2 Å². The fourth-order valence-electron chi connectivity index (χ4n) is 0.627. The van der Waals surface area contributed by atoms with Crippen molar-refractivity contribution in [3.8, 4) is 5.75 Å². The summed E-state index contributed by atoms with van der Waals surface area (Å²) in [7, 11) is 7.30. The van der Waals surface area contributed by atoms with E-state index in [9.17, 15) is 0 Å². The second-order valence-electron chi connectivity index (χ2n) is 1.75. The number of benzene rings is 1. The van der Waals surface area contributed by atoms with Crippen LogP contribution in [0, 0.1) is 0 Å². The summed E-state index contributed by atoms with van der Waals surface area (Å²) in [5.41, 5.74) is 0. The molecule has 0 heterocycles. The van der Waals surface area contributed by atoms with Gasteiger partial charge in [0.25, 0.3) is 0 Å². The van der Waals surface area contributed by atoms with Gasteiger partial charge in [0.1, 0.15) is 0 Å². The SMILES string of the molecule is COc1ccc([Se]Cl)cc1. The number of hydrogen-bond donors (Lipinski definition) is 0. The van der Waals surface area contributed by atoms with Crippen LogP contribution in [0.15, 0.2) is 24.3 Å². The van der Waals surface area contributed by atoms with Crippen LogP contribution in [0.5, 0.6) is 5.75 Å². The van der Waals surface area contributed by atoms with Crippen LogP contribution in [0.3, 0.4) is 0 Å². The summed E-state index contributed by atoms with van der Waals surface area (Å²) in [5.74, 6) is 0.879. The molecule has 3 heteroatoms. The Morgan fingerprint density at radius 2 is 1.90 bits per heavy atom. The van der Waals surface area contributed by atoms with E-state index < -0.39 is 0 Å². The van der Waals surface area contributed by atoms with Crippen molar-refractivity contribution in [2.45, 2.75) is 0 Å². The van der Waals surface area contributed by atoms with Gasteiger partial charge in [0, 0.05) is 0 Å². The standard InChI is InChI=1S/C7H7ClOSe/c1-9-6-2-4-7(10-8)5-3-6/h2-5H,1H3. The molecule has 1 nitrogen and oxygen atoms in total. The summed E-state index contributed by atoms with van der Waals surface area (Å²) < 4.78 is 6.15. The Morgan fingerprint density at radius 1 is 1.30 bits per heavy atom. The topological polar surface area (TPSA) is 9.23 Å². The molecule has 0 amide bonds. The molecule has 0 N–H and O–H groups in total. The van der Waals surface area contributed by atoms with E-state index in [1.165, 1.54) is 4.46 Å². The maximum atomic E-state index is 5.64. The summed E-state index contributed by atoms with van der Waals surface area (Å²) in [5, 5.41) is 0. The molecule has 0 unspecified atom stereocenters. The second kappa shape index (κ2) is 3.87. The summed E-state index contributed by atoms with van der Waals surface area (Å²) >= 11 is 0.0757. The van der Waals surface area contributed by atoms with Gasteiger partial charge in [-0.2, -0.15) is 0 Å². The van der Waals surface area contributed by atoms with Crippen molar-refractivity contribution in [2.24, 2.45) is 0 Å². The van der Waals surface area contributed by atoms with E-state index in [2.05, 4.69) is 0 Å². The molecular formula is C7H7ClOSe. The van der Waals surface area contributed by atoms with Gasteiger partial charge in [0.15, 0.2) is 0 Å². The molecule has 1 rings (SSSR count).